The normalized spacial score (nSPS) is 19.3. The number of piperidine rings is 1. The van der Waals surface area contributed by atoms with Crippen molar-refractivity contribution in [2.45, 2.75) is 45.8 Å². The first-order chi connectivity index (χ1) is 14.4. The maximum Gasteiger partial charge on any atom is 0.339 e. The maximum absolute atomic E-state index is 12.2. The number of halogens is 1. The van der Waals surface area contributed by atoms with Gasteiger partial charge in [0.05, 0.1) is 29.7 Å². The summed E-state index contributed by atoms with van der Waals surface area (Å²) in [5.41, 5.74) is 3.51. The predicted octanol–water partition coefficient (Wildman–Crippen LogP) is 2.08. The summed E-state index contributed by atoms with van der Waals surface area (Å²) >= 11 is 6.29. The number of nitrogens with one attached hydrogen (secondary N) is 1. The molecule has 30 heavy (non-hydrogen) atoms. The van der Waals surface area contributed by atoms with Gasteiger partial charge in [-0.1, -0.05) is 41.9 Å². The van der Waals surface area contributed by atoms with Crippen LogP contribution in [0, 0.1) is 13.8 Å². The van der Waals surface area contributed by atoms with Crippen LogP contribution in [0.4, 0.5) is 0 Å². The molecule has 0 atom stereocenters. The van der Waals surface area contributed by atoms with Gasteiger partial charge in [-0.2, -0.15) is 0 Å². The largest absolute Gasteiger partial charge is 0.506 e. The molecule has 0 spiro atoms. The van der Waals surface area contributed by atoms with Crippen LogP contribution in [-0.4, -0.2) is 24.2 Å². The molecule has 0 aliphatic carbocycles. The average molecular weight is 429 g/mol. The van der Waals surface area contributed by atoms with Crippen LogP contribution in [0.25, 0.3) is 11.0 Å². The van der Waals surface area contributed by atoms with Crippen molar-refractivity contribution in [2.24, 2.45) is 0 Å². The van der Waals surface area contributed by atoms with E-state index in [4.69, 9.17) is 16.0 Å². The molecule has 2 aromatic carbocycles. The van der Waals surface area contributed by atoms with E-state index >= 15 is 0 Å². The molecule has 0 unspecified atom stereocenters. The lowest BCUT2D eigenvalue weighted by Gasteiger charge is -2.28. The Balaban J connectivity index is 1.45. The lowest BCUT2D eigenvalue weighted by Crippen LogP contribution is -3.13. The van der Waals surface area contributed by atoms with Crippen molar-refractivity contribution >= 4 is 22.6 Å². The number of likely N-dealkylation sites (tertiary alicyclic amines) is 1. The second-order valence-corrected chi connectivity index (χ2v) is 8.80. The van der Waals surface area contributed by atoms with Gasteiger partial charge in [-0.3, -0.25) is 0 Å². The number of phenolic OH excluding ortho intramolecular Hbond substituents is 1. The Labute approximate surface area is 181 Å². The van der Waals surface area contributed by atoms with Crippen molar-refractivity contribution in [3.8, 4) is 5.75 Å². The van der Waals surface area contributed by atoms with Gasteiger partial charge in [-0.25, -0.2) is 4.79 Å². The molecule has 1 fully saturated rings. The number of hydrogen-bond donors (Lipinski definition) is 3. The van der Waals surface area contributed by atoms with Gasteiger partial charge >= 0.3 is 5.63 Å². The first-order valence-corrected chi connectivity index (χ1v) is 11.0. The van der Waals surface area contributed by atoms with Crippen molar-refractivity contribution in [1.29, 1.82) is 0 Å². The smallest absolute Gasteiger partial charge is 0.339 e. The summed E-state index contributed by atoms with van der Waals surface area (Å²) in [5, 5.41) is 13.9. The molecular formula is C24H29ClN2O3+2. The first kappa shape index (κ1) is 20.9. The highest BCUT2D eigenvalue weighted by Crippen LogP contribution is 2.35. The van der Waals surface area contributed by atoms with Gasteiger partial charge in [-0.05, 0) is 25.5 Å². The van der Waals surface area contributed by atoms with Gasteiger partial charge in [0, 0.05) is 29.4 Å². The molecule has 0 bridgehead atoms. The van der Waals surface area contributed by atoms with Gasteiger partial charge in [0.15, 0.2) is 5.58 Å². The fraction of sp³-hybridized carbons (Fsp3) is 0.375. The third kappa shape index (κ3) is 4.24. The summed E-state index contributed by atoms with van der Waals surface area (Å²) in [4.78, 5) is 13.8. The molecule has 1 aliphatic heterocycles. The standard InChI is InChI=1S/C24H27ClN2O3/c1-15-16(2)24(29)30-23-19(15)12-21(25)22(28)20(23)13-26-18-8-10-27(11-9-18)14-17-6-4-3-5-7-17/h3-7,12,18,26,28H,8-11,13-14H2,1-2H3/p+2. The van der Waals surface area contributed by atoms with Crippen LogP contribution in [-0.2, 0) is 13.1 Å². The predicted molar refractivity (Wildman–Crippen MR) is 118 cm³/mol. The Morgan fingerprint density at radius 3 is 2.57 bits per heavy atom. The number of benzene rings is 2. The number of nitrogens with two attached hydrogens (primary N) is 1. The fourth-order valence-electron chi connectivity index (χ4n) is 4.41. The highest BCUT2D eigenvalue weighted by molar-refractivity contribution is 6.33. The van der Waals surface area contributed by atoms with Crippen LogP contribution < -0.4 is 15.8 Å². The zero-order chi connectivity index (χ0) is 21.3. The van der Waals surface area contributed by atoms with E-state index in [0.717, 1.165) is 43.4 Å². The minimum atomic E-state index is -0.360. The van der Waals surface area contributed by atoms with Crippen molar-refractivity contribution in [3.63, 3.8) is 0 Å². The lowest BCUT2D eigenvalue weighted by molar-refractivity contribution is -0.926. The maximum atomic E-state index is 12.2. The Bertz CT molecular complexity index is 1100. The van der Waals surface area contributed by atoms with Crippen LogP contribution in [0.1, 0.15) is 35.1 Å². The van der Waals surface area contributed by atoms with Crippen molar-refractivity contribution in [2.75, 3.05) is 13.1 Å². The number of fused-ring (bicyclic) bond motifs is 1. The molecular weight excluding hydrogens is 400 g/mol. The Morgan fingerprint density at radius 2 is 1.87 bits per heavy atom. The molecule has 158 valence electrons. The zero-order valence-electron chi connectivity index (χ0n) is 17.5. The molecule has 5 nitrogen and oxygen atoms in total. The fourth-order valence-corrected chi connectivity index (χ4v) is 4.64. The summed E-state index contributed by atoms with van der Waals surface area (Å²) < 4.78 is 5.57. The summed E-state index contributed by atoms with van der Waals surface area (Å²) in [6, 6.07) is 12.8. The number of rotatable bonds is 5. The summed E-state index contributed by atoms with van der Waals surface area (Å²) in [6.45, 7) is 7.50. The van der Waals surface area contributed by atoms with Gasteiger partial charge in [0.25, 0.3) is 0 Å². The molecule has 3 aromatic rings. The number of aromatic hydroxyl groups is 1. The van der Waals surface area contributed by atoms with Crippen LogP contribution in [0.2, 0.25) is 5.02 Å². The molecule has 4 N–H and O–H groups in total. The molecule has 0 radical (unpaired) electrons. The van der Waals surface area contributed by atoms with E-state index in [2.05, 4.69) is 35.6 Å². The second kappa shape index (κ2) is 8.80. The Hall–Kier alpha value is -2.34. The van der Waals surface area contributed by atoms with Crippen LogP contribution in [0.15, 0.2) is 45.6 Å². The van der Waals surface area contributed by atoms with Crippen molar-refractivity contribution in [1.82, 2.24) is 0 Å². The quantitative estimate of drug-likeness (QED) is 0.545. The highest BCUT2D eigenvalue weighted by atomic mass is 35.5. The number of quaternary nitrogens is 2. The molecule has 0 amide bonds. The zero-order valence-corrected chi connectivity index (χ0v) is 18.3. The van der Waals surface area contributed by atoms with Crippen LogP contribution >= 0.6 is 11.6 Å². The first-order valence-electron chi connectivity index (χ1n) is 10.6. The van der Waals surface area contributed by atoms with Crippen LogP contribution in [0.3, 0.4) is 0 Å². The topological polar surface area (TPSA) is 71.5 Å². The molecule has 6 heteroatoms. The van der Waals surface area contributed by atoms with E-state index in [1.54, 1.807) is 17.9 Å². The molecule has 0 saturated carbocycles. The van der Waals surface area contributed by atoms with E-state index in [-0.39, 0.29) is 11.4 Å². The molecule has 1 aliphatic rings. The molecule has 1 aromatic heterocycles. The number of hydrogen-bond acceptors (Lipinski definition) is 3. The molecule has 4 rings (SSSR count). The average Bonchev–Trinajstić information content (AvgIpc) is 2.75. The van der Waals surface area contributed by atoms with Gasteiger partial charge in [0.1, 0.15) is 18.8 Å². The second-order valence-electron chi connectivity index (χ2n) is 8.39. The van der Waals surface area contributed by atoms with E-state index < -0.39 is 0 Å². The van der Waals surface area contributed by atoms with E-state index in [0.29, 0.717) is 34.3 Å². The van der Waals surface area contributed by atoms with E-state index in [9.17, 15) is 9.90 Å². The Kier molecular flexibility index (Phi) is 6.14. The minimum absolute atomic E-state index is 0.0129. The van der Waals surface area contributed by atoms with Crippen molar-refractivity contribution in [3.05, 3.63) is 74.1 Å². The third-order valence-electron chi connectivity index (χ3n) is 6.46. The van der Waals surface area contributed by atoms with Gasteiger partial charge < -0.3 is 19.7 Å². The summed E-state index contributed by atoms with van der Waals surface area (Å²) in [6.07, 6.45) is 2.23. The van der Waals surface area contributed by atoms with Gasteiger partial charge in [0.2, 0.25) is 0 Å². The Morgan fingerprint density at radius 1 is 1.17 bits per heavy atom. The SMILES string of the molecule is Cc1c(C)c2cc(Cl)c(O)c(C[NH2+]C3CC[NH+](Cc4ccccc4)CC3)c2oc1=O. The number of phenols is 1. The van der Waals surface area contributed by atoms with Gasteiger partial charge in [-0.15, -0.1) is 0 Å². The lowest BCUT2D eigenvalue weighted by atomic mass is 10.0. The van der Waals surface area contributed by atoms with Crippen molar-refractivity contribution < 1.29 is 19.7 Å². The highest BCUT2D eigenvalue weighted by Gasteiger charge is 2.26. The monoisotopic (exact) mass is 428 g/mol. The summed E-state index contributed by atoms with van der Waals surface area (Å²) in [5.74, 6) is 0.0129. The van der Waals surface area contributed by atoms with E-state index in [1.165, 1.54) is 5.56 Å². The van der Waals surface area contributed by atoms with E-state index in [1.807, 2.05) is 6.92 Å². The number of aryl methyl sites for hydroxylation is 1. The third-order valence-corrected chi connectivity index (χ3v) is 6.75. The van der Waals surface area contributed by atoms with Crippen LogP contribution in [0.5, 0.6) is 5.75 Å². The summed E-state index contributed by atoms with van der Waals surface area (Å²) in [7, 11) is 0. The molecule has 1 saturated heterocycles. The molecule has 2 heterocycles. The minimum Gasteiger partial charge on any atom is -0.506 e.